The van der Waals surface area contributed by atoms with E-state index in [1.807, 2.05) is 54.6 Å². The number of furan rings is 1. The molecule has 0 radical (unpaired) electrons. The highest BCUT2D eigenvalue weighted by Gasteiger charge is 2.14. The molecular weight excluding hydrogens is 424 g/mol. The monoisotopic (exact) mass is 446 g/mol. The average Bonchev–Trinajstić information content (AvgIpc) is 3.33. The topological polar surface area (TPSA) is 88.4 Å². The van der Waals surface area contributed by atoms with E-state index in [-0.39, 0.29) is 23.8 Å². The molecule has 0 aliphatic heterocycles. The van der Waals surface area contributed by atoms with E-state index in [0.717, 1.165) is 16.7 Å². The molecule has 0 bridgehead atoms. The summed E-state index contributed by atoms with van der Waals surface area (Å²) in [7, 11) is -3.68. The Hall–Kier alpha value is -3.68. The zero-order chi connectivity index (χ0) is 22.4. The minimum Gasteiger partial charge on any atom is -0.468 e. The summed E-state index contributed by atoms with van der Waals surface area (Å²) in [5, 5.41) is 2.80. The lowest BCUT2D eigenvalue weighted by Crippen LogP contribution is -2.23. The predicted octanol–water partition coefficient (Wildman–Crippen LogP) is 4.61. The van der Waals surface area contributed by atoms with Crippen molar-refractivity contribution in [1.29, 1.82) is 0 Å². The number of amides is 1. The van der Waals surface area contributed by atoms with Gasteiger partial charge in [0, 0.05) is 5.69 Å². The minimum absolute atomic E-state index is 0.0664. The first-order valence-electron chi connectivity index (χ1n) is 10.1. The van der Waals surface area contributed by atoms with Gasteiger partial charge < -0.3 is 9.73 Å². The van der Waals surface area contributed by atoms with Crippen LogP contribution in [0.25, 0.3) is 11.1 Å². The Bertz CT molecular complexity index is 1270. The molecule has 0 saturated carbocycles. The molecule has 0 fully saturated rings. The molecule has 0 saturated heterocycles. The van der Waals surface area contributed by atoms with E-state index in [1.54, 1.807) is 24.3 Å². The lowest BCUT2D eigenvalue weighted by molar-refractivity contribution is -0.115. The second kappa shape index (κ2) is 9.64. The third-order valence-electron chi connectivity index (χ3n) is 4.89. The van der Waals surface area contributed by atoms with Crippen molar-refractivity contribution in [1.82, 2.24) is 4.72 Å². The normalized spacial score (nSPS) is 11.2. The van der Waals surface area contributed by atoms with E-state index in [1.165, 1.54) is 18.4 Å². The highest BCUT2D eigenvalue weighted by molar-refractivity contribution is 7.89. The molecule has 3 aromatic carbocycles. The van der Waals surface area contributed by atoms with Gasteiger partial charge in [0.2, 0.25) is 15.9 Å². The number of rotatable bonds is 8. The molecule has 0 aliphatic rings. The Morgan fingerprint density at radius 2 is 1.47 bits per heavy atom. The van der Waals surface area contributed by atoms with E-state index < -0.39 is 10.0 Å². The smallest absolute Gasteiger partial charge is 0.240 e. The van der Waals surface area contributed by atoms with E-state index >= 15 is 0 Å². The summed E-state index contributed by atoms with van der Waals surface area (Å²) >= 11 is 0. The van der Waals surface area contributed by atoms with Crippen molar-refractivity contribution < 1.29 is 17.6 Å². The molecule has 7 heteroatoms. The van der Waals surface area contributed by atoms with Gasteiger partial charge in [-0.15, -0.1) is 0 Å². The van der Waals surface area contributed by atoms with Gasteiger partial charge in [0.05, 0.1) is 24.1 Å². The Labute approximate surface area is 187 Å². The number of carbonyl (C=O) groups excluding carboxylic acids is 1. The predicted molar refractivity (Wildman–Crippen MR) is 123 cm³/mol. The van der Waals surface area contributed by atoms with Gasteiger partial charge in [0.1, 0.15) is 5.76 Å². The van der Waals surface area contributed by atoms with Gasteiger partial charge in [0.25, 0.3) is 0 Å². The SMILES string of the molecule is O=C(Cc1ccc(-c2ccccc2)cc1)Nc1ccc(S(=O)(=O)NCc2ccco2)cc1. The molecule has 1 amide bonds. The van der Waals surface area contributed by atoms with E-state index in [9.17, 15) is 13.2 Å². The van der Waals surface area contributed by atoms with Crippen molar-refractivity contribution in [2.24, 2.45) is 0 Å². The molecule has 0 aliphatic carbocycles. The van der Waals surface area contributed by atoms with Crippen LogP contribution >= 0.6 is 0 Å². The van der Waals surface area contributed by atoms with Gasteiger partial charge in [-0.25, -0.2) is 13.1 Å². The maximum Gasteiger partial charge on any atom is 0.240 e. The molecule has 162 valence electrons. The van der Waals surface area contributed by atoms with Crippen LogP contribution in [0.3, 0.4) is 0 Å². The van der Waals surface area contributed by atoms with Crippen LogP contribution in [0.4, 0.5) is 5.69 Å². The summed E-state index contributed by atoms with van der Waals surface area (Å²) in [4.78, 5) is 12.5. The standard InChI is InChI=1S/C25H22N2O4S/c28-25(17-19-8-10-21(11-9-19)20-5-2-1-3-6-20)27-22-12-14-24(15-13-22)32(29,30)26-18-23-7-4-16-31-23/h1-16,26H,17-18H2,(H,27,28). The molecule has 1 heterocycles. The Morgan fingerprint density at radius 3 is 2.12 bits per heavy atom. The van der Waals surface area contributed by atoms with Crippen molar-refractivity contribution >= 4 is 21.6 Å². The van der Waals surface area contributed by atoms with Crippen molar-refractivity contribution in [3.05, 3.63) is 109 Å². The molecular formula is C25H22N2O4S. The second-order valence-electron chi connectivity index (χ2n) is 7.22. The molecule has 4 aromatic rings. The van der Waals surface area contributed by atoms with Crippen molar-refractivity contribution in [2.45, 2.75) is 17.9 Å². The molecule has 0 spiro atoms. The maximum atomic E-state index is 12.4. The Morgan fingerprint density at radius 1 is 0.781 bits per heavy atom. The van der Waals surface area contributed by atoms with Gasteiger partial charge in [-0.2, -0.15) is 0 Å². The number of anilines is 1. The van der Waals surface area contributed by atoms with Crippen LogP contribution in [0.5, 0.6) is 0 Å². The van der Waals surface area contributed by atoms with Gasteiger partial charge in [-0.3, -0.25) is 4.79 Å². The van der Waals surface area contributed by atoms with Crippen LogP contribution in [0.2, 0.25) is 0 Å². The quantitative estimate of drug-likeness (QED) is 0.414. The van der Waals surface area contributed by atoms with E-state index in [2.05, 4.69) is 10.0 Å². The summed E-state index contributed by atoms with van der Waals surface area (Å²) in [5.74, 6) is 0.346. The highest BCUT2D eigenvalue weighted by atomic mass is 32.2. The van der Waals surface area contributed by atoms with Gasteiger partial charge >= 0.3 is 0 Å². The first-order valence-corrected chi connectivity index (χ1v) is 11.5. The second-order valence-corrected chi connectivity index (χ2v) is 8.98. The van der Waals surface area contributed by atoms with Gasteiger partial charge in [-0.05, 0) is 53.1 Å². The number of nitrogens with one attached hydrogen (secondary N) is 2. The van der Waals surface area contributed by atoms with Gasteiger partial charge in [-0.1, -0.05) is 54.6 Å². The van der Waals surface area contributed by atoms with Crippen LogP contribution in [-0.4, -0.2) is 14.3 Å². The van der Waals surface area contributed by atoms with Crippen LogP contribution in [0.15, 0.2) is 107 Å². The fourth-order valence-corrected chi connectivity index (χ4v) is 4.21. The molecule has 0 unspecified atom stereocenters. The lowest BCUT2D eigenvalue weighted by Gasteiger charge is -2.09. The van der Waals surface area contributed by atoms with Crippen LogP contribution in [0, 0.1) is 0 Å². The van der Waals surface area contributed by atoms with Crippen LogP contribution in [0.1, 0.15) is 11.3 Å². The minimum atomic E-state index is -3.68. The Kier molecular flexibility index (Phi) is 6.49. The van der Waals surface area contributed by atoms with Crippen molar-refractivity contribution in [2.75, 3.05) is 5.32 Å². The number of sulfonamides is 1. The number of carbonyl (C=O) groups is 1. The number of hydrogen-bond acceptors (Lipinski definition) is 4. The maximum absolute atomic E-state index is 12.4. The van der Waals surface area contributed by atoms with Crippen molar-refractivity contribution in [3.8, 4) is 11.1 Å². The van der Waals surface area contributed by atoms with Gasteiger partial charge in [0.15, 0.2) is 0 Å². The lowest BCUT2D eigenvalue weighted by atomic mass is 10.0. The molecule has 0 atom stereocenters. The van der Waals surface area contributed by atoms with E-state index in [4.69, 9.17) is 4.42 Å². The first-order chi connectivity index (χ1) is 15.5. The zero-order valence-electron chi connectivity index (χ0n) is 17.2. The number of hydrogen-bond donors (Lipinski definition) is 2. The first kappa shape index (κ1) is 21.5. The summed E-state index contributed by atoms with van der Waals surface area (Å²) in [6.45, 7) is 0.0664. The molecule has 32 heavy (non-hydrogen) atoms. The highest BCUT2D eigenvalue weighted by Crippen LogP contribution is 2.20. The summed E-state index contributed by atoms with van der Waals surface area (Å²) < 4.78 is 32.4. The summed E-state index contributed by atoms with van der Waals surface area (Å²) in [5.41, 5.74) is 3.63. The summed E-state index contributed by atoms with van der Waals surface area (Å²) in [6.07, 6.45) is 1.71. The third kappa shape index (κ3) is 5.51. The average molecular weight is 447 g/mol. The van der Waals surface area contributed by atoms with Crippen LogP contribution < -0.4 is 10.0 Å². The fourth-order valence-electron chi connectivity index (χ4n) is 3.22. The zero-order valence-corrected chi connectivity index (χ0v) is 18.0. The number of benzene rings is 3. The molecule has 2 N–H and O–H groups in total. The fraction of sp³-hybridized carbons (Fsp3) is 0.0800. The Balaban J connectivity index is 1.33. The van der Waals surface area contributed by atoms with E-state index in [0.29, 0.717) is 11.4 Å². The molecule has 4 rings (SSSR count). The van der Waals surface area contributed by atoms with Crippen LogP contribution in [-0.2, 0) is 27.8 Å². The molecule has 6 nitrogen and oxygen atoms in total. The van der Waals surface area contributed by atoms with Crippen molar-refractivity contribution in [3.63, 3.8) is 0 Å². The third-order valence-corrected chi connectivity index (χ3v) is 6.31. The summed E-state index contributed by atoms with van der Waals surface area (Å²) in [6, 6.07) is 27.3. The molecule has 1 aromatic heterocycles. The largest absolute Gasteiger partial charge is 0.468 e.